The van der Waals surface area contributed by atoms with Crippen molar-refractivity contribution in [2.75, 3.05) is 19.0 Å². The summed E-state index contributed by atoms with van der Waals surface area (Å²) in [4.78, 5) is 19.3. The Morgan fingerprint density at radius 3 is 2.48 bits per heavy atom. The lowest BCUT2D eigenvalue weighted by molar-refractivity contribution is -0.275. The van der Waals surface area contributed by atoms with Gasteiger partial charge in [-0.05, 0) is 38.5 Å². The quantitative estimate of drug-likeness (QED) is 0.538. The van der Waals surface area contributed by atoms with Gasteiger partial charge >= 0.3 is 6.36 Å². The fourth-order valence-corrected chi connectivity index (χ4v) is 3.38. The Labute approximate surface area is 186 Å². The molecule has 1 aromatic carbocycles. The molecule has 0 radical (unpaired) electrons. The number of amides is 1. The number of rotatable bonds is 6. The molecule has 3 aromatic rings. The standard InChI is InChI=1S/C21H23F4N5O3/c1-11-10-30-18(28-17(11)29(4)5)13(9-26-30)19(31)27-16(20(2,3)32)12-6-7-15(14(22)8-12)33-21(23,24)25/h6-10,16,32H,1-5H3,(H,27,31)/t16-/m0/s1. The van der Waals surface area contributed by atoms with E-state index in [1.165, 1.54) is 24.6 Å². The third-order valence-electron chi connectivity index (χ3n) is 4.81. The number of benzene rings is 1. The van der Waals surface area contributed by atoms with Gasteiger partial charge in [0.25, 0.3) is 5.91 Å². The van der Waals surface area contributed by atoms with Gasteiger partial charge < -0.3 is 20.1 Å². The summed E-state index contributed by atoms with van der Waals surface area (Å²) in [7, 11) is 3.60. The summed E-state index contributed by atoms with van der Waals surface area (Å²) in [5, 5.41) is 17.3. The number of nitrogens with zero attached hydrogens (tertiary/aromatic N) is 4. The van der Waals surface area contributed by atoms with Crippen LogP contribution in [0.4, 0.5) is 23.4 Å². The molecule has 0 spiro atoms. The molecule has 178 valence electrons. The van der Waals surface area contributed by atoms with Crippen LogP contribution < -0.4 is 15.0 Å². The maximum Gasteiger partial charge on any atom is 0.573 e. The van der Waals surface area contributed by atoms with Crippen LogP contribution in [0.1, 0.15) is 41.4 Å². The molecule has 0 bridgehead atoms. The molecule has 0 saturated heterocycles. The topological polar surface area (TPSA) is 92.0 Å². The third kappa shape index (κ3) is 5.33. The van der Waals surface area contributed by atoms with Gasteiger partial charge in [-0.25, -0.2) is 13.9 Å². The van der Waals surface area contributed by atoms with Gasteiger partial charge in [0.15, 0.2) is 17.2 Å². The molecule has 2 aromatic heterocycles. The second kappa shape index (κ2) is 8.50. The van der Waals surface area contributed by atoms with E-state index < -0.39 is 35.5 Å². The number of nitrogens with one attached hydrogen (secondary N) is 1. The van der Waals surface area contributed by atoms with Gasteiger partial charge in [-0.3, -0.25) is 4.79 Å². The minimum absolute atomic E-state index is 0.0390. The van der Waals surface area contributed by atoms with Crippen LogP contribution in [0.15, 0.2) is 30.6 Å². The summed E-state index contributed by atoms with van der Waals surface area (Å²) in [5.41, 5.74) is -0.372. The van der Waals surface area contributed by atoms with E-state index in [0.717, 1.165) is 23.8 Å². The first-order chi connectivity index (χ1) is 15.2. The number of hydrogen-bond donors (Lipinski definition) is 2. The number of carbonyl (C=O) groups excluding carboxylic acids is 1. The molecule has 0 saturated carbocycles. The number of alkyl halides is 3. The Morgan fingerprint density at radius 2 is 1.94 bits per heavy atom. The highest BCUT2D eigenvalue weighted by Crippen LogP contribution is 2.32. The van der Waals surface area contributed by atoms with Crippen LogP contribution in [0.3, 0.4) is 0 Å². The van der Waals surface area contributed by atoms with Crippen molar-refractivity contribution >= 4 is 17.4 Å². The van der Waals surface area contributed by atoms with Crippen LogP contribution in [0.2, 0.25) is 0 Å². The van der Waals surface area contributed by atoms with Crippen molar-refractivity contribution in [2.24, 2.45) is 0 Å². The van der Waals surface area contributed by atoms with E-state index in [4.69, 9.17) is 0 Å². The number of halogens is 4. The molecular formula is C21H23F4N5O3. The van der Waals surface area contributed by atoms with Gasteiger partial charge in [0.1, 0.15) is 11.4 Å². The van der Waals surface area contributed by atoms with E-state index in [9.17, 15) is 27.5 Å². The summed E-state index contributed by atoms with van der Waals surface area (Å²) in [6, 6.07) is 1.51. The predicted molar refractivity (Wildman–Crippen MR) is 112 cm³/mol. The largest absolute Gasteiger partial charge is 0.573 e. The van der Waals surface area contributed by atoms with Crippen molar-refractivity contribution in [3.8, 4) is 5.75 Å². The SMILES string of the molecule is Cc1cn2ncc(C(=O)N[C@@H](c3ccc(OC(F)(F)F)c(F)c3)C(C)(C)O)c2nc1N(C)C. The Kier molecular flexibility index (Phi) is 6.25. The highest BCUT2D eigenvalue weighted by Gasteiger charge is 2.34. The van der Waals surface area contributed by atoms with Crippen LogP contribution in [0, 0.1) is 12.7 Å². The number of aryl methyl sites for hydroxylation is 1. The molecule has 0 fully saturated rings. The normalized spacial score (nSPS) is 13.2. The highest BCUT2D eigenvalue weighted by molar-refractivity contribution is 6.00. The monoisotopic (exact) mass is 469 g/mol. The van der Waals surface area contributed by atoms with Gasteiger partial charge in [0.2, 0.25) is 0 Å². The summed E-state index contributed by atoms with van der Waals surface area (Å²) in [6.07, 6.45) is -2.05. The van der Waals surface area contributed by atoms with Crippen molar-refractivity contribution < 1.29 is 32.2 Å². The molecule has 0 unspecified atom stereocenters. The molecular weight excluding hydrogens is 446 g/mol. The van der Waals surface area contributed by atoms with E-state index >= 15 is 0 Å². The second-order valence-electron chi connectivity index (χ2n) is 8.27. The van der Waals surface area contributed by atoms with Crippen molar-refractivity contribution in [3.63, 3.8) is 0 Å². The Bertz CT molecular complexity index is 1190. The number of aromatic nitrogens is 3. The summed E-state index contributed by atoms with van der Waals surface area (Å²) in [6.45, 7) is 4.59. The van der Waals surface area contributed by atoms with Crippen LogP contribution in [0.5, 0.6) is 5.75 Å². The van der Waals surface area contributed by atoms with Crippen LogP contribution in [-0.4, -0.2) is 51.7 Å². The first-order valence-corrected chi connectivity index (χ1v) is 9.78. The maximum atomic E-state index is 14.3. The molecule has 2 N–H and O–H groups in total. The summed E-state index contributed by atoms with van der Waals surface area (Å²) >= 11 is 0. The molecule has 0 aliphatic rings. The fourth-order valence-electron chi connectivity index (χ4n) is 3.38. The minimum Gasteiger partial charge on any atom is -0.403 e. The third-order valence-corrected chi connectivity index (χ3v) is 4.81. The summed E-state index contributed by atoms with van der Waals surface area (Å²) < 4.78 is 56.6. The second-order valence-corrected chi connectivity index (χ2v) is 8.27. The van der Waals surface area contributed by atoms with Gasteiger partial charge in [0.05, 0.1) is 17.8 Å². The smallest absolute Gasteiger partial charge is 0.403 e. The van der Waals surface area contributed by atoms with Gasteiger partial charge in [0, 0.05) is 25.9 Å². The number of ether oxygens (including phenoxy) is 1. The molecule has 2 heterocycles. The average molecular weight is 469 g/mol. The Hall–Kier alpha value is -3.41. The van der Waals surface area contributed by atoms with Crippen molar-refractivity contribution in [2.45, 2.75) is 38.8 Å². The Balaban J connectivity index is 1.96. The van der Waals surface area contributed by atoms with E-state index in [2.05, 4.69) is 20.1 Å². The molecule has 33 heavy (non-hydrogen) atoms. The lowest BCUT2D eigenvalue weighted by Gasteiger charge is -2.30. The zero-order valence-electron chi connectivity index (χ0n) is 18.5. The lowest BCUT2D eigenvalue weighted by Crippen LogP contribution is -2.42. The molecule has 0 aliphatic carbocycles. The molecule has 3 rings (SSSR count). The van der Waals surface area contributed by atoms with E-state index in [-0.39, 0.29) is 16.8 Å². The molecule has 1 amide bonds. The van der Waals surface area contributed by atoms with Crippen LogP contribution in [0.25, 0.3) is 5.65 Å². The number of hydrogen-bond acceptors (Lipinski definition) is 6. The first-order valence-electron chi connectivity index (χ1n) is 9.78. The zero-order chi connectivity index (χ0) is 24.7. The molecule has 8 nitrogen and oxygen atoms in total. The predicted octanol–water partition coefficient (Wildman–Crippen LogP) is 3.38. The number of anilines is 1. The van der Waals surface area contributed by atoms with Gasteiger partial charge in [-0.1, -0.05) is 6.07 Å². The van der Waals surface area contributed by atoms with Gasteiger partial charge in [-0.15, -0.1) is 13.2 Å². The molecule has 12 heteroatoms. The van der Waals surface area contributed by atoms with Crippen molar-refractivity contribution in [1.29, 1.82) is 0 Å². The number of fused-ring (bicyclic) bond motifs is 1. The highest BCUT2D eigenvalue weighted by atomic mass is 19.4. The van der Waals surface area contributed by atoms with E-state index in [1.807, 2.05) is 6.92 Å². The lowest BCUT2D eigenvalue weighted by atomic mass is 9.91. The van der Waals surface area contributed by atoms with E-state index in [0.29, 0.717) is 5.82 Å². The Morgan fingerprint density at radius 1 is 1.27 bits per heavy atom. The number of carbonyl (C=O) groups is 1. The molecule has 0 aliphatic heterocycles. The average Bonchev–Trinajstić information content (AvgIpc) is 3.07. The molecule has 1 atom stereocenters. The fraction of sp³-hybridized carbons (Fsp3) is 0.381. The number of aliphatic hydroxyl groups is 1. The van der Waals surface area contributed by atoms with Crippen molar-refractivity contribution in [3.05, 3.63) is 53.1 Å². The maximum absolute atomic E-state index is 14.3. The zero-order valence-corrected chi connectivity index (χ0v) is 18.5. The van der Waals surface area contributed by atoms with Crippen molar-refractivity contribution in [1.82, 2.24) is 19.9 Å². The van der Waals surface area contributed by atoms with Crippen LogP contribution in [-0.2, 0) is 0 Å². The summed E-state index contributed by atoms with van der Waals surface area (Å²) in [5.74, 6) is -2.35. The van der Waals surface area contributed by atoms with Crippen LogP contribution >= 0.6 is 0 Å². The van der Waals surface area contributed by atoms with Gasteiger partial charge in [-0.2, -0.15) is 5.10 Å². The van der Waals surface area contributed by atoms with E-state index in [1.54, 1.807) is 25.2 Å². The minimum atomic E-state index is -5.06. The first kappa shape index (κ1) is 24.2.